The summed E-state index contributed by atoms with van der Waals surface area (Å²) in [4.78, 5) is 12.4. The van der Waals surface area contributed by atoms with Crippen molar-refractivity contribution in [1.82, 2.24) is 0 Å². The van der Waals surface area contributed by atoms with E-state index in [1.165, 1.54) is 12.1 Å². The summed E-state index contributed by atoms with van der Waals surface area (Å²) in [7, 11) is -3.24. The van der Waals surface area contributed by atoms with Crippen LogP contribution < -0.4 is 0 Å². The molecule has 1 aromatic rings. The Morgan fingerprint density at radius 3 is 2.24 bits per heavy atom. The maximum atomic E-state index is 12.1. The van der Waals surface area contributed by atoms with E-state index in [9.17, 15) is 13.2 Å². The molecule has 0 amide bonds. The fraction of sp³-hybridized carbons (Fsp3) is 0.533. The maximum absolute atomic E-state index is 12.1. The lowest BCUT2D eigenvalue weighted by atomic mass is 9.86. The third kappa shape index (κ3) is 2.46. The second-order valence-corrected chi connectivity index (χ2v) is 7.35. The molecule has 1 aliphatic rings. The first kappa shape index (κ1) is 16.0. The van der Waals surface area contributed by atoms with E-state index < -0.39 is 21.0 Å². The molecule has 116 valence electrons. The average Bonchev–Trinajstić information content (AvgIpc) is 3.07. The van der Waals surface area contributed by atoms with E-state index in [0.717, 1.165) is 11.8 Å². The van der Waals surface area contributed by atoms with Crippen molar-refractivity contribution in [2.75, 3.05) is 12.9 Å². The topological polar surface area (TPSA) is 73.0 Å². The van der Waals surface area contributed by atoms with Crippen LogP contribution in [0.15, 0.2) is 29.2 Å². The highest BCUT2D eigenvalue weighted by Crippen LogP contribution is 2.58. The summed E-state index contributed by atoms with van der Waals surface area (Å²) in [6, 6.07) is 6.44. The molecule has 1 aromatic carbocycles. The highest BCUT2D eigenvalue weighted by atomic mass is 32.2. The number of hydrogen-bond acceptors (Lipinski definition) is 5. The van der Waals surface area contributed by atoms with E-state index >= 15 is 0 Å². The number of sulfone groups is 1. The molecular formula is C15H20O5S. The molecule has 0 spiro atoms. The minimum absolute atomic E-state index is 0.244. The Hall–Kier alpha value is -1.40. The molecule has 1 heterocycles. The zero-order valence-corrected chi connectivity index (χ0v) is 13.5. The van der Waals surface area contributed by atoms with Gasteiger partial charge in [0.05, 0.1) is 11.5 Å². The first-order chi connectivity index (χ1) is 9.71. The van der Waals surface area contributed by atoms with Gasteiger partial charge in [0.25, 0.3) is 0 Å². The smallest absolute Gasteiger partial charge is 0.341 e. The van der Waals surface area contributed by atoms with Gasteiger partial charge in [-0.05, 0) is 38.0 Å². The standard InChI is InChI=1S/C15H20O5S/c1-5-15(13(16)19-6-2)14(3,20-15)11-7-9-12(10-8-11)21(4,17)18/h7-10H,5-6H2,1-4H3. The molecule has 2 atom stereocenters. The average molecular weight is 312 g/mol. The molecule has 2 rings (SSSR count). The quantitative estimate of drug-likeness (QED) is 0.614. The Kier molecular flexibility index (Phi) is 3.88. The molecule has 0 aliphatic carbocycles. The van der Waals surface area contributed by atoms with Crippen molar-refractivity contribution in [2.24, 2.45) is 0 Å². The fourth-order valence-corrected chi connectivity index (χ4v) is 3.30. The van der Waals surface area contributed by atoms with Crippen LogP contribution in [0.3, 0.4) is 0 Å². The van der Waals surface area contributed by atoms with Crippen molar-refractivity contribution in [3.8, 4) is 0 Å². The van der Waals surface area contributed by atoms with Crippen LogP contribution >= 0.6 is 0 Å². The number of benzene rings is 1. The van der Waals surface area contributed by atoms with Crippen LogP contribution in [0.2, 0.25) is 0 Å². The van der Waals surface area contributed by atoms with E-state index in [2.05, 4.69) is 0 Å². The summed E-state index contributed by atoms with van der Waals surface area (Å²) in [5.41, 5.74) is -0.982. The molecule has 0 N–H and O–H groups in total. The second-order valence-electron chi connectivity index (χ2n) is 5.33. The van der Waals surface area contributed by atoms with Crippen LogP contribution in [0, 0.1) is 0 Å². The largest absolute Gasteiger partial charge is 0.464 e. The van der Waals surface area contributed by atoms with Gasteiger partial charge in [0.2, 0.25) is 0 Å². The second kappa shape index (κ2) is 5.10. The summed E-state index contributed by atoms with van der Waals surface area (Å²) in [6.45, 7) is 5.74. The molecule has 2 unspecified atom stereocenters. The van der Waals surface area contributed by atoms with E-state index in [-0.39, 0.29) is 10.9 Å². The maximum Gasteiger partial charge on any atom is 0.341 e. The van der Waals surface area contributed by atoms with Crippen molar-refractivity contribution in [1.29, 1.82) is 0 Å². The Balaban J connectivity index is 2.33. The Morgan fingerprint density at radius 1 is 1.24 bits per heavy atom. The number of rotatable bonds is 5. The fourth-order valence-electron chi connectivity index (χ4n) is 2.67. The third-order valence-electron chi connectivity index (χ3n) is 4.04. The van der Waals surface area contributed by atoms with E-state index in [0.29, 0.717) is 13.0 Å². The molecule has 1 aliphatic heterocycles. The van der Waals surface area contributed by atoms with Crippen molar-refractivity contribution in [2.45, 2.75) is 43.3 Å². The number of hydrogen-bond donors (Lipinski definition) is 0. The molecule has 0 radical (unpaired) electrons. The molecule has 0 aromatic heterocycles. The van der Waals surface area contributed by atoms with Crippen LogP contribution in [-0.4, -0.2) is 32.9 Å². The van der Waals surface area contributed by atoms with Crippen molar-refractivity contribution in [3.05, 3.63) is 29.8 Å². The minimum atomic E-state index is -3.24. The molecule has 1 saturated heterocycles. The van der Waals surface area contributed by atoms with Gasteiger partial charge in [0.15, 0.2) is 15.4 Å². The number of esters is 1. The van der Waals surface area contributed by atoms with Crippen molar-refractivity contribution < 1.29 is 22.7 Å². The number of carbonyl (C=O) groups excluding carboxylic acids is 1. The molecule has 21 heavy (non-hydrogen) atoms. The van der Waals surface area contributed by atoms with Crippen LogP contribution in [-0.2, 0) is 29.7 Å². The Bertz CT molecular complexity index is 649. The lowest BCUT2D eigenvalue weighted by molar-refractivity contribution is -0.149. The van der Waals surface area contributed by atoms with Crippen LogP contribution in [0.1, 0.15) is 32.8 Å². The van der Waals surface area contributed by atoms with Gasteiger partial charge in [-0.3, -0.25) is 0 Å². The van der Waals surface area contributed by atoms with Gasteiger partial charge >= 0.3 is 5.97 Å². The SMILES string of the molecule is CCOC(=O)C1(CC)OC1(C)c1ccc(S(C)(=O)=O)cc1. The van der Waals surface area contributed by atoms with E-state index in [4.69, 9.17) is 9.47 Å². The van der Waals surface area contributed by atoms with Crippen LogP contribution in [0.5, 0.6) is 0 Å². The zero-order chi connectivity index (χ0) is 15.9. The van der Waals surface area contributed by atoms with Crippen molar-refractivity contribution >= 4 is 15.8 Å². The molecule has 0 saturated carbocycles. The number of carbonyl (C=O) groups is 1. The minimum Gasteiger partial charge on any atom is -0.464 e. The Morgan fingerprint density at radius 2 is 1.81 bits per heavy atom. The van der Waals surface area contributed by atoms with Gasteiger partial charge in [0.1, 0.15) is 5.60 Å². The molecule has 6 heteroatoms. The monoisotopic (exact) mass is 312 g/mol. The summed E-state index contributed by atoms with van der Waals surface area (Å²) in [5.74, 6) is -0.373. The lowest BCUT2D eigenvalue weighted by Gasteiger charge is -2.14. The number of ether oxygens (including phenoxy) is 2. The third-order valence-corrected chi connectivity index (χ3v) is 5.17. The highest BCUT2D eigenvalue weighted by Gasteiger charge is 2.72. The van der Waals surface area contributed by atoms with Crippen LogP contribution in [0.4, 0.5) is 0 Å². The molecule has 1 fully saturated rings. The predicted octanol–water partition coefficient (Wildman–Crippen LogP) is 2.05. The molecule has 5 nitrogen and oxygen atoms in total. The van der Waals surface area contributed by atoms with Gasteiger partial charge in [0, 0.05) is 6.26 Å². The van der Waals surface area contributed by atoms with Gasteiger partial charge in [-0.1, -0.05) is 19.1 Å². The Labute approximate surface area is 125 Å². The molecule has 0 bridgehead atoms. The van der Waals surface area contributed by atoms with E-state index in [1.807, 2.05) is 13.8 Å². The van der Waals surface area contributed by atoms with Gasteiger partial charge in [-0.15, -0.1) is 0 Å². The first-order valence-electron chi connectivity index (χ1n) is 6.89. The first-order valence-corrected chi connectivity index (χ1v) is 8.78. The summed E-state index contributed by atoms with van der Waals surface area (Å²) < 4.78 is 33.8. The predicted molar refractivity (Wildman–Crippen MR) is 77.6 cm³/mol. The van der Waals surface area contributed by atoms with Gasteiger partial charge < -0.3 is 9.47 Å². The lowest BCUT2D eigenvalue weighted by Crippen LogP contribution is -2.32. The normalized spacial score (nSPS) is 28.2. The summed E-state index contributed by atoms with van der Waals surface area (Å²) in [6.07, 6.45) is 1.66. The highest BCUT2D eigenvalue weighted by molar-refractivity contribution is 7.90. The zero-order valence-electron chi connectivity index (χ0n) is 12.7. The summed E-state index contributed by atoms with van der Waals surface area (Å²) >= 11 is 0. The van der Waals surface area contributed by atoms with Crippen LogP contribution in [0.25, 0.3) is 0 Å². The van der Waals surface area contributed by atoms with Crippen molar-refractivity contribution in [3.63, 3.8) is 0 Å². The number of epoxide rings is 1. The van der Waals surface area contributed by atoms with E-state index in [1.54, 1.807) is 19.1 Å². The summed E-state index contributed by atoms with van der Waals surface area (Å²) in [5, 5.41) is 0. The van der Waals surface area contributed by atoms with Gasteiger partial charge in [-0.25, -0.2) is 13.2 Å². The van der Waals surface area contributed by atoms with Gasteiger partial charge in [-0.2, -0.15) is 0 Å². The molecular weight excluding hydrogens is 292 g/mol.